The quantitative estimate of drug-likeness (QED) is 0.752. The summed E-state index contributed by atoms with van der Waals surface area (Å²) in [7, 11) is 4.18. The number of fused-ring (bicyclic) bond motifs is 1. The van der Waals surface area contributed by atoms with E-state index in [1.165, 1.54) is 6.42 Å². The molecule has 0 aromatic carbocycles. The summed E-state index contributed by atoms with van der Waals surface area (Å²) < 4.78 is 0. The molecule has 98 valence electrons. The van der Waals surface area contributed by atoms with Crippen molar-refractivity contribution in [3.8, 4) is 0 Å². The first-order valence-corrected chi connectivity index (χ1v) is 6.96. The number of hydrogen-bond donors (Lipinski definition) is 0. The Morgan fingerprint density at radius 3 is 2.41 bits per heavy atom. The number of rotatable bonds is 3. The molecule has 2 rings (SSSR count). The fraction of sp³-hybridized carbons (Fsp3) is 0.933. The third-order valence-corrected chi connectivity index (χ3v) is 5.30. The molecule has 0 spiro atoms. The molecule has 2 saturated carbocycles. The summed E-state index contributed by atoms with van der Waals surface area (Å²) in [6, 6.07) is 0. The molecule has 2 aliphatic rings. The first kappa shape index (κ1) is 13.1. The van der Waals surface area contributed by atoms with Gasteiger partial charge < -0.3 is 4.90 Å². The second-order valence-corrected chi connectivity index (χ2v) is 7.35. The maximum Gasteiger partial charge on any atom is 0.142 e. The van der Waals surface area contributed by atoms with Gasteiger partial charge in [-0.05, 0) is 57.7 Å². The Hall–Kier alpha value is -0.370. The van der Waals surface area contributed by atoms with Crippen LogP contribution in [-0.2, 0) is 4.79 Å². The van der Waals surface area contributed by atoms with Crippen LogP contribution in [0.25, 0.3) is 0 Å². The summed E-state index contributed by atoms with van der Waals surface area (Å²) in [5, 5.41) is 0. The Morgan fingerprint density at radius 1 is 1.29 bits per heavy atom. The topological polar surface area (TPSA) is 20.3 Å². The van der Waals surface area contributed by atoms with Crippen LogP contribution in [0.2, 0.25) is 0 Å². The van der Waals surface area contributed by atoms with Gasteiger partial charge >= 0.3 is 0 Å². The predicted molar refractivity (Wildman–Crippen MR) is 70.9 cm³/mol. The smallest absolute Gasteiger partial charge is 0.142 e. The van der Waals surface area contributed by atoms with Crippen molar-refractivity contribution in [2.75, 3.05) is 20.6 Å². The minimum absolute atomic E-state index is 0.0126. The van der Waals surface area contributed by atoms with Crippen LogP contribution < -0.4 is 0 Å². The molecule has 17 heavy (non-hydrogen) atoms. The van der Waals surface area contributed by atoms with Gasteiger partial charge in [0.1, 0.15) is 5.78 Å². The van der Waals surface area contributed by atoms with Gasteiger partial charge in [0.25, 0.3) is 0 Å². The Morgan fingerprint density at radius 2 is 1.94 bits per heavy atom. The lowest BCUT2D eigenvalue weighted by molar-refractivity contribution is -0.163. The van der Waals surface area contributed by atoms with Crippen LogP contribution in [0.4, 0.5) is 0 Å². The van der Waals surface area contributed by atoms with E-state index in [1.807, 2.05) is 0 Å². The molecule has 2 fully saturated rings. The number of Topliss-reactive ketones (excluding diaryl/α,β-unsaturated/α-hetero) is 1. The number of nitrogens with zero attached hydrogens (tertiary/aromatic N) is 1. The molecule has 0 radical (unpaired) electrons. The summed E-state index contributed by atoms with van der Waals surface area (Å²) in [6.45, 7) is 7.98. The van der Waals surface area contributed by atoms with Gasteiger partial charge in [-0.25, -0.2) is 0 Å². The summed E-state index contributed by atoms with van der Waals surface area (Å²) in [4.78, 5) is 14.8. The van der Waals surface area contributed by atoms with Crippen molar-refractivity contribution in [3.05, 3.63) is 0 Å². The molecule has 0 saturated heterocycles. The van der Waals surface area contributed by atoms with Gasteiger partial charge in [-0.2, -0.15) is 0 Å². The minimum atomic E-state index is 0.0126. The highest BCUT2D eigenvalue weighted by Crippen LogP contribution is 2.62. The summed E-state index contributed by atoms with van der Waals surface area (Å²) in [5.74, 6) is 1.50. The van der Waals surface area contributed by atoms with Gasteiger partial charge in [-0.15, -0.1) is 0 Å². The number of carbonyl (C=O) groups is 1. The van der Waals surface area contributed by atoms with E-state index in [0.29, 0.717) is 23.0 Å². The van der Waals surface area contributed by atoms with Crippen LogP contribution in [0.3, 0.4) is 0 Å². The van der Waals surface area contributed by atoms with Crippen molar-refractivity contribution in [3.63, 3.8) is 0 Å². The lowest BCUT2D eigenvalue weighted by Gasteiger charge is -2.59. The molecule has 0 heterocycles. The monoisotopic (exact) mass is 237 g/mol. The highest BCUT2D eigenvalue weighted by molar-refractivity contribution is 5.89. The lowest BCUT2D eigenvalue weighted by Crippen LogP contribution is -2.58. The van der Waals surface area contributed by atoms with E-state index in [0.717, 1.165) is 25.8 Å². The van der Waals surface area contributed by atoms with Gasteiger partial charge in [0, 0.05) is 11.3 Å². The fourth-order valence-corrected chi connectivity index (χ4v) is 4.25. The Balaban J connectivity index is 2.11. The molecule has 2 nitrogen and oxygen atoms in total. The maximum atomic E-state index is 12.6. The summed E-state index contributed by atoms with van der Waals surface area (Å²) in [6.07, 6.45) is 4.52. The molecule has 2 heteroatoms. The van der Waals surface area contributed by atoms with E-state index >= 15 is 0 Å². The average molecular weight is 237 g/mol. The van der Waals surface area contributed by atoms with Crippen molar-refractivity contribution in [2.24, 2.45) is 22.7 Å². The molecular weight excluding hydrogens is 210 g/mol. The van der Waals surface area contributed by atoms with Gasteiger partial charge in [0.15, 0.2) is 0 Å². The minimum Gasteiger partial charge on any atom is -0.309 e. The zero-order valence-corrected chi connectivity index (χ0v) is 12.0. The van der Waals surface area contributed by atoms with E-state index in [9.17, 15) is 4.79 Å². The van der Waals surface area contributed by atoms with Gasteiger partial charge in [0.2, 0.25) is 0 Å². The normalized spacial score (nSPS) is 40.0. The SMILES string of the molecule is CN(C)CCC1CC(C)(C)C2CCC2(C)C1=O. The average Bonchev–Trinajstić information content (AvgIpc) is 2.17. The van der Waals surface area contributed by atoms with Crippen molar-refractivity contribution < 1.29 is 4.79 Å². The van der Waals surface area contributed by atoms with Crippen molar-refractivity contribution in [1.29, 1.82) is 0 Å². The van der Waals surface area contributed by atoms with E-state index in [1.54, 1.807) is 0 Å². The highest BCUT2D eigenvalue weighted by Gasteiger charge is 2.59. The molecule has 0 bridgehead atoms. The van der Waals surface area contributed by atoms with E-state index in [2.05, 4.69) is 39.8 Å². The van der Waals surface area contributed by atoms with E-state index in [-0.39, 0.29) is 5.41 Å². The zero-order chi connectivity index (χ0) is 12.8. The van der Waals surface area contributed by atoms with Crippen LogP contribution >= 0.6 is 0 Å². The van der Waals surface area contributed by atoms with Crippen LogP contribution in [-0.4, -0.2) is 31.3 Å². The second kappa shape index (κ2) is 4.08. The molecule has 0 amide bonds. The zero-order valence-electron chi connectivity index (χ0n) is 12.0. The molecule has 0 aromatic rings. The molecule has 3 unspecified atom stereocenters. The van der Waals surface area contributed by atoms with Crippen LogP contribution in [0.5, 0.6) is 0 Å². The largest absolute Gasteiger partial charge is 0.309 e. The van der Waals surface area contributed by atoms with Crippen LogP contribution in [0.15, 0.2) is 0 Å². The molecule has 0 aromatic heterocycles. The number of carbonyl (C=O) groups excluding carboxylic acids is 1. The first-order chi connectivity index (χ1) is 7.77. The third kappa shape index (κ3) is 2.05. The number of ketones is 1. The standard InChI is InChI=1S/C15H27NO/c1-14(2)10-11(7-9-16(4)5)13(17)15(3)8-6-12(14)15/h11-12H,6-10H2,1-5H3. The molecule has 0 N–H and O–H groups in total. The lowest BCUT2D eigenvalue weighted by atomic mass is 9.44. The Labute approximate surface area is 106 Å². The van der Waals surface area contributed by atoms with E-state index < -0.39 is 0 Å². The molecule has 0 aliphatic heterocycles. The number of hydrogen-bond acceptors (Lipinski definition) is 2. The van der Waals surface area contributed by atoms with Crippen molar-refractivity contribution in [2.45, 2.75) is 46.5 Å². The molecular formula is C15H27NO. The van der Waals surface area contributed by atoms with Crippen molar-refractivity contribution >= 4 is 5.78 Å². The Kier molecular flexibility index (Phi) is 3.14. The van der Waals surface area contributed by atoms with Gasteiger partial charge in [-0.1, -0.05) is 20.8 Å². The van der Waals surface area contributed by atoms with Gasteiger partial charge in [0.05, 0.1) is 0 Å². The van der Waals surface area contributed by atoms with Crippen LogP contribution in [0, 0.1) is 22.7 Å². The van der Waals surface area contributed by atoms with E-state index in [4.69, 9.17) is 0 Å². The van der Waals surface area contributed by atoms with Gasteiger partial charge in [-0.3, -0.25) is 4.79 Å². The third-order valence-electron chi connectivity index (χ3n) is 5.30. The maximum absolute atomic E-state index is 12.6. The van der Waals surface area contributed by atoms with Crippen molar-refractivity contribution in [1.82, 2.24) is 4.90 Å². The Bertz CT molecular complexity index is 321. The second-order valence-electron chi connectivity index (χ2n) is 7.35. The van der Waals surface area contributed by atoms with Crippen LogP contribution in [0.1, 0.15) is 46.5 Å². The first-order valence-electron chi connectivity index (χ1n) is 6.96. The summed E-state index contributed by atoms with van der Waals surface area (Å²) >= 11 is 0. The molecule has 3 atom stereocenters. The summed E-state index contributed by atoms with van der Waals surface area (Å²) in [5.41, 5.74) is 0.372. The predicted octanol–water partition coefficient (Wildman–Crippen LogP) is 2.97. The highest BCUT2D eigenvalue weighted by atomic mass is 16.1. The molecule has 2 aliphatic carbocycles. The fourth-order valence-electron chi connectivity index (χ4n) is 4.25.